The number of hydrogen-bond acceptors (Lipinski definition) is 3. The fourth-order valence-corrected chi connectivity index (χ4v) is 2.84. The van der Waals surface area contributed by atoms with E-state index < -0.39 is 0 Å². The number of carbonyl (C=O) groups is 1. The number of hydrogen-bond donors (Lipinski definition) is 0. The molecule has 1 aliphatic heterocycles. The second-order valence-corrected chi connectivity index (χ2v) is 5.57. The van der Waals surface area contributed by atoms with Crippen molar-refractivity contribution in [3.05, 3.63) is 46.0 Å². The molecule has 0 aromatic carbocycles. The van der Waals surface area contributed by atoms with Crippen molar-refractivity contribution in [1.29, 1.82) is 0 Å². The summed E-state index contributed by atoms with van der Waals surface area (Å²) < 4.78 is 1.46. The molecule has 110 valence electrons. The number of pyridine rings is 1. The SMILES string of the molecule is Cc1cccn2c(=O)c(C(=O)N3CCCCCC3)cnc12. The maximum atomic E-state index is 12.6. The third-order valence-corrected chi connectivity index (χ3v) is 4.05. The molecule has 0 N–H and O–H groups in total. The molecule has 3 heterocycles. The first-order chi connectivity index (χ1) is 10.2. The molecule has 2 aromatic heterocycles. The van der Waals surface area contributed by atoms with E-state index in [-0.39, 0.29) is 17.0 Å². The number of rotatable bonds is 1. The number of aryl methyl sites for hydroxylation is 1. The van der Waals surface area contributed by atoms with Crippen LogP contribution in [0.4, 0.5) is 0 Å². The Morgan fingerprint density at radius 3 is 2.62 bits per heavy atom. The standard InChI is InChI=1S/C16H19N3O2/c1-12-7-6-10-19-14(12)17-11-13(16(19)21)15(20)18-8-4-2-3-5-9-18/h6-7,10-11H,2-5,8-9H2,1H3. The van der Waals surface area contributed by atoms with E-state index >= 15 is 0 Å². The molecule has 0 radical (unpaired) electrons. The highest BCUT2D eigenvalue weighted by Crippen LogP contribution is 2.12. The molecular formula is C16H19N3O2. The summed E-state index contributed by atoms with van der Waals surface area (Å²) in [5.41, 5.74) is 1.41. The molecule has 1 fully saturated rings. The molecular weight excluding hydrogens is 266 g/mol. The van der Waals surface area contributed by atoms with Crippen LogP contribution in [0.5, 0.6) is 0 Å². The Hall–Kier alpha value is -2.17. The molecule has 0 saturated carbocycles. The second-order valence-electron chi connectivity index (χ2n) is 5.57. The lowest BCUT2D eigenvalue weighted by molar-refractivity contribution is 0.0759. The third-order valence-electron chi connectivity index (χ3n) is 4.05. The van der Waals surface area contributed by atoms with Gasteiger partial charge in [-0.2, -0.15) is 0 Å². The van der Waals surface area contributed by atoms with Crippen LogP contribution in [0.1, 0.15) is 41.6 Å². The summed E-state index contributed by atoms with van der Waals surface area (Å²) in [6, 6.07) is 3.70. The van der Waals surface area contributed by atoms with Crippen LogP contribution in [0.3, 0.4) is 0 Å². The van der Waals surface area contributed by atoms with Gasteiger partial charge in [0, 0.05) is 25.5 Å². The van der Waals surface area contributed by atoms with Crippen LogP contribution in [0.25, 0.3) is 5.65 Å². The van der Waals surface area contributed by atoms with Crippen LogP contribution in [0.2, 0.25) is 0 Å². The first kappa shape index (κ1) is 13.8. The Labute approximate surface area is 123 Å². The summed E-state index contributed by atoms with van der Waals surface area (Å²) in [5, 5.41) is 0. The first-order valence-corrected chi connectivity index (χ1v) is 7.45. The minimum Gasteiger partial charge on any atom is -0.338 e. The smallest absolute Gasteiger partial charge is 0.270 e. The van der Waals surface area contributed by atoms with Crippen molar-refractivity contribution >= 4 is 11.6 Å². The molecule has 5 heteroatoms. The van der Waals surface area contributed by atoms with Gasteiger partial charge >= 0.3 is 0 Å². The monoisotopic (exact) mass is 285 g/mol. The average Bonchev–Trinajstić information content (AvgIpc) is 2.77. The predicted octanol–water partition coefficient (Wildman–Crippen LogP) is 2.02. The number of nitrogens with zero attached hydrogens (tertiary/aromatic N) is 3. The Bertz CT molecular complexity index is 728. The van der Waals surface area contributed by atoms with E-state index in [1.54, 1.807) is 17.2 Å². The molecule has 3 rings (SSSR count). The molecule has 1 aliphatic rings. The highest BCUT2D eigenvalue weighted by Gasteiger charge is 2.21. The van der Waals surface area contributed by atoms with Crippen LogP contribution >= 0.6 is 0 Å². The largest absolute Gasteiger partial charge is 0.338 e. The summed E-state index contributed by atoms with van der Waals surface area (Å²) >= 11 is 0. The van der Waals surface area contributed by atoms with E-state index in [0.717, 1.165) is 44.3 Å². The van der Waals surface area contributed by atoms with Crippen molar-refractivity contribution in [1.82, 2.24) is 14.3 Å². The summed E-state index contributed by atoms with van der Waals surface area (Å²) in [6.07, 6.45) is 7.41. The van der Waals surface area contributed by atoms with E-state index in [4.69, 9.17) is 0 Å². The summed E-state index contributed by atoms with van der Waals surface area (Å²) in [5.74, 6) is -0.190. The maximum absolute atomic E-state index is 12.6. The van der Waals surface area contributed by atoms with Crippen molar-refractivity contribution in [2.75, 3.05) is 13.1 Å². The van der Waals surface area contributed by atoms with Gasteiger partial charge in [0.1, 0.15) is 11.2 Å². The zero-order valence-electron chi connectivity index (χ0n) is 12.2. The Morgan fingerprint density at radius 2 is 1.90 bits per heavy atom. The molecule has 1 saturated heterocycles. The molecule has 0 unspecified atom stereocenters. The summed E-state index contributed by atoms with van der Waals surface area (Å²) in [6.45, 7) is 3.36. The lowest BCUT2D eigenvalue weighted by atomic mass is 10.2. The fraction of sp³-hybridized carbons (Fsp3) is 0.438. The molecule has 2 aromatic rings. The van der Waals surface area contributed by atoms with Crippen LogP contribution in [0, 0.1) is 6.92 Å². The van der Waals surface area contributed by atoms with Crippen LogP contribution < -0.4 is 5.56 Å². The highest BCUT2D eigenvalue weighted by molar-refractivity contribution is 5.93. The van der Waals surface area contributed by atoms with Gasteiger partial charge in [0.15, 0.2) is 0 Å². The van der Waals surface area contributed by atoms with Crippen LogP contribution in [-0.4, -0.2) is 33.3 Å². The second kappa shape index (κ2) is 5.68. The van der Waals surface area contributed by atoms with Gasteiger partial charge in [0.2, 0.25) is 0 Å². The zero-order valence-corrected chi connectivity index (χ0v) is 12.2. The Balaban J connectivity index is 2.02. The van der Waals surface area contributed by atoms with Crippen LogP contribution in [-0.2, 0) is 0 Å². The minimum atomic E-state index is -0.280. The maximum Gasteiger partial charge on any atom is 0.270 e. The normalized spacial score (nSPS) is 16.0. The highest BCUT2D eigenvalue weighted by atomic mass is 16.2. The molecule has 0 bridgehead atoms. The first-order valence-electron chi connectivity index (χ1n) is 7.45. The topological polar surface area (TPSA) is 54.7 Å². The molecule has 1 amide bonds. The Kier molecular flexibility index (Phi) is 3.73. The average molecular weight is 285 g/mol. The van der Waals surface area contributed by atoms with Gasteiger partial charge in [-0.25, -0.2) is 4.98 Å². The summed E-state index contributed by atoms with van der Waals surface area (Å²) in [4.78, 5) is 31.2. The number of amides is 1. The number of aromatic nitrogens is 2. The van der Waals surface area contributed by atoms with Gasteiger partial charge in [-0.05, 0) is 31.4 Å². The quantitative estimate of drug-likeness (QED) is 0.805. The lowest BCUT2D eigenvalue weighted by Crippen LogP contribution is -2.36. The molecule has 21 heavy (non-hydrogen) atoms. The number of likely N-dealkylation sites (tertiary alicyclic amines) is 1. The third kappa shape index (κ3) is 2.55. The van der Waals surface area contributed by atoms with Gasteiger partial charge in [-0.1, -0.05) is 18.9 Å². The molecule has 0 spiro atoms. The fourth-order valence-electron chi connectivity index (χ4n) is 2.84. The number of fused-ring (bicyclic) bond motifs is 1. The zero-order chi connectivity index (χ0) is 14.8. The lowest BCUT2D eigenvalue weighted by Gasteiger charge is -2.19. The van der Waals surface area contributed by atoms with E-state index in [9.17, 15) is 9.59 Å². The van der Waals surface area contributed by atoms with E-state index in [0.29, 0.717) is 5.65 Å². The Morgan fingerprint density at radius 1 is 1.19 bits per heavy atom. The van der Waals surface area contributed by atoms with Crippen molar-refractivity contribution in [3.63, 3.8) is 0 Å². The summed E-state index contributed by atoms with van der Waals surface area (Å²) in [7, 11) is 0. The van der Waals surface area contributed by atoms with Crippen molar-refractivity contribution < 1.29 is 4.79 Å². The van der Waals surface area contributed by atoms with Gasteiger partial charge in [-0.15, -0.1) is 0 Å². The number of carbonyl (C=O) groups excluding carboxylic acids is 1. The van der Waals surface area contributed by atoms with Crippen molar-refractivity contribution in [3.8, 4) is 0 Å². The van der Waals surface area contributed by atoms with Crippen LogP contribution in [0.15, 0.2) is 29.3 Å². The minimum absolute atomic E-state index is 0.167. The molecule has 5 nitrogen and oxygen atoms in total. The van der Waals surface area contributed by atoms with Crippen molar-refractivity contribution in [2.24, 2.45) is 0 Å². The van der Waals surface area contributed by atoms with Gasteiger partial charge in [-0.3, -0.25) is 14.0 Å². The van der Waals surface area contributed by atoms with E-state index in [1.807, 2.05) is 13.0 Å². The van der Waals surface area contributed by atoms with Gasteiger partial charge < -0.3 is 4.90 Å². The van der Waals surface area contributed by atoms with Gasteiger partial charge in [0.05, 0.1) is 0 Å². The predicted molar refractivity (Wildman–Crippen MR) is 80.6 cm³/mol. The van der Waals surface area contributed by atoms with E-state index in [2.05, 4.69) is 4.98 Å². The molecule has 0 aliphatic carbocycles. The van der Waals surface area contributed by atoms with Crippen molar-refractivity contribution in [2.45, 2.75) is 32.6 Å². The van der Waals surface area contributed by atoms with E-state index in [1.165, 1.54) is 10.6 Å². The van der Waals surface area contributed by atoms with Gasteiger partial charge in [0.25, 0.3) is 11.5 Å². The molecule has 0 atom stereocenters.